The summed E-state index contributed by atoms with van der Waals surface area (Å²) in [6, 6.07) is 11.8. The Balaban J connectivity index is 2.07. The molecule has 0 spiro atoms. The number of hydrogen-bond acceptors (Lipinski definition) is 4. The maximum atomic E-state index is 12.4. The second kappa shape index (κ2) is 8.80. The van der Waals surface area contributed by atoms with Gasteiger partial charge >= 0.3 is 0 Å². The molecule has 1 aliphatic rings. The first-order valence-electron chi connectivity index (χ1n) is 9.63. The topological polar surface area (TPSA) is 56.8 Å². The van der Waals surface area contributed by atoms with Crippen molar-refractivity contribution in [2.45, 2.75) is 39.5 Å². The Morgan fingerprint density at radius 3 is 2.33 bits per heavy atom. The van der Waals surface area contributed by atoms with Crippen LogP contribution in [0.15, 0.2) is 36.4 Å². The van der Waals surface area contributed by atoms with Gasteiger partial charge in [-0.1, -0.05) is 25.1 Å². The van der Waals surface area contributed by atoms with Crippen molar-refractivity contribution >= 4 is 11.6 Å². The van der Waals surface area contributed by atoms with Crippen LogP contribution in [0.4, 0.5) is 5.69 Å². The number of hydrogen-bond donors (Lipinski definition) is 1. The van der Waals surface area contributed by atoms with Crippen LogP contribution < -0.4 is 19.5 Å². The Bertz CT molecular complexity index is 803. The lowest BCUT2D eigenvalue weighted by molar-refractivity contribution is -0.116. The maximum Gasteiger partial charge on any atom is 0.225 e. The second-order valence-electron chi connectivity index (χ2n) is 6.44. The zero-order chi connectivity index (χ0) is 19.2. The summed E-state index contributed by atoms with van der Waals surface area (Å²) in [4.78, 5) is 12.4. The minimum Gasteiger partial charge on any atom is -0.493 e. The van der Waals surface area contributed by atoms with Gasteiger partial charge in [0.05, 0.1) is 19.8 Å². The summed E-state index contributed by atoms with van der Waals surface area (Å²) in [7, 11) is 0. The van der Waals surface area contributed by atoms with Gasteiger partial charge in [-0.15, -0.1) is 0 Å². The van der Waals surface area contributed by atoms with Crippen LogP contribution in [0, 0.1) is 0 Å². The number of para-hydroxylation sites is 1. The van der Waals surface area contributed by atoms with Crippen LogP contribution in [-0.4, -0.2) is 25.7 Å². The van der Waals surface area contributed by atoms with E-state index in [2.05, 4.69) is 12.2 Å². The van der Waals surface area contributed by atoms with E-state index in [9.17, 15) is 4.79 Å². The summed E-state index contributed by atoms with van der Waals surface area (Å²) >= 11 is 0. The third-order valence-corrected chi connectivity index (χ3v) is 4.51. The number of ether oxygens (including phenoxy) is 3. The van der Waals surface area contributed by atoms with Crippen LogP contribution >= 0.6 is 0 Å². The summed E-state index contributed by atoms with van der Waals surface area (Å²) in [5, 5.41) is 2.98. The Morgan fingerprint density at radius 1 is 0.926 bits per heavy atom. The molecule has 2 aromatic rings. The molecule has 1 amide bonds. The minimum atomic E-state index is -0.0864. The Labute approximate surface area is 160 Å². The van der Waals surface area contributed by atoms with E-state index in [1.807, 2.05) is 50.2 Å². The van der Waals surface area contributed by atoms with Crippen LogP contribution in [0.1, 0.15) is 50.7 Å². The van der Waals surface area contributed by atoms with Gasteiger partial charge < -0.3 is 19.5 Å². The highest BCUT2D eigenvalue weighted by Gasteiger charge is 2.30. The van der Waals surface area contributed by atoms with Crippen molar-refractivity contribution < 1.29 is 19.0 Å². The lowest BCUT2D eigenvalue weighted by Gasteiger charge is -2.28. The zero-order valence-electron chi connectivity index (χ0n) is 16.2. The highest BCUT2D eigenvalue weighted by molar-refractivity contribution is 5.96. The Morgan fingerprint density at radius 2 is 1.63 bits per heavy atom. The number of carbonyl (C=O) groups excluding carboxylic acids is 1. The third-order valence-electron chi connectivity index (χ3n) is 4.51. The predicted molar refractivity (Wildman–Crippen MR) is 106 cm³/mol. The molecule has 3 rings (SSSR count). The van der Waals surface area contributed by atoms with Crippen molar-refractivity contribution in [1.29, 1.82) is 0 Å². The molecule has 1 N–H and O–H groups in total. The molecule has 0 fully saturated rings. The highest BCUT2D eigenvalue weighted by atomic mass is 16.5. The van der Waals surface area contributed by atoms with Gasteiger partial charge in [-0.2, -0.15) is 0 Å². The fraction of sp³-hybridized carbons (Fsp3) is 0.409. The number of carbonyl (C=O) groups is 1. The van der Waals surface area contributed by atoms with Crippen LogP contribution in [0.2, 0.25) is 0 Å². The fourth-order valence-electron chi connectivity index (χ4n) is 3.39. The van der Waals surface area contributed by atoms with Gasteiger partial charge in [0.2, 0.25) is 5.91 Å². The molecule has 0 radical (unpaired) electrons. The molecule has 0 aromatic heterocycles. The molecule has 1 heterocycles. The van der Waals surface area contributed by atoms with Gasteiger partial charge in [-0.3, -0.25) is 4.79 Å². The normalized spacial score (nSPS) is 15.7. The average Bonchev–Trinajstić information content (AvgIpc) is 2.67. The molecule has 27 heavy (non-hydrogen) atoms. The molecule has 2 aromatic carbocycles. The number of anilines is 1. The van der Waals surface area contributed by atoms with E-state index in [1.54, 1.807) is 0 Å². The van der Waals surface area contributed by atoms with Gasteiger partial charge in [0, 0.05) is 29.7 Å². The van der Waals surface area contributed by atoms with Gasteiger partial charge in [0.15, 0.2) is 11.5 Å². The summed E-state index contributed by atoms with van der Waals surface area (Å²) in [5.74, 6) is 2.08. The first-order valence-corrected chi connectivity index (χ1v) is 9.63. The smallest absolute Gasteiger partial charge is 0.225 e. The van der Waals surface area contributed by atoms with Crippen molar-refractivity contribution in [1.82, 2.24) is 0 Å². The number of nitrogens with one attached hydrogen (secondary N) is 1. The lowest BCUT2D eigenvalue weighted by Crippen LogP contribution is -2.24. The zero-order valence-corrected chi connectivity index (χ0v) is 16.2. The second-order valence-corrected chi connectivity index (χ2v) is 6.44. The molecular weight excluding hydrogens is 342 g/mol. The predicted octanol–water partition coefficient (Wildman–Crippen LogP) is 4.75. The molecule has 1 unspecified atom stereocenters. The molecule has 1 aliphatic heterocycles. The molecule has 5 nitrogen and oxygen atoms in total. The van der Waals surface area contributed by atoms with Crippen molar-refractivity contribution in [2.75, 3.05) is 25.1 Å². The number of rotatable bonds is 8. The first-order chi connectivity index (χ1) is 13.2. The summed E-state index contributed by atoms with van der Waals surface area (Å²) in [6.45, 7) is 7.68. The van der Waals surface area contributed by atoms with Crippen molar-refractivity contribution in [3.8, 4) is 17.2 Å². The molecule has 0 bridgehead atoms. The van der Waals surface area contributed by atoms with E-state index < -0.39 is 0 Å². The SMILES string of the molecule is CCCOc1ccccc1C1CC(=O)Nc2cc(OCC)c(OCC)cc21. The quantitative estimate of drug-likeness (QED) is 0.730. The van der Waals surface area contributed by atoms with Crippen molar-refractivity contribution in [3.63, 3.8) is 0 Å². The van der Waals surface area contributed by atoms with E-state index in [-0.39, 0.29) is 11.8 Å². The van der Waals surface area contributed by atoms with E-state index in [0.717, 1.165) is 29.0 Å². The lowest BCUT2D eigenvalue weighted by atomic mass is 9.84. The monoisotopic (exact) mass is 369 g/mol. The van der Waals surface area contributed by atoms with Crippen LogP contribution in [0.5, 0.6) is 17.2 Å². The largest absolute Gasteiger partial charge is 0.493 e. The average molecular weight is 369 g/mol. The first kappa shape index (κ1) is 19.1. The minimum absolute atomic E-state index is 0.00981. The molecule has 5 heteroatoms. The number of benzene rings is 2. The van der Waals surface area contributed by atoms with Crippen LogP contribution in [0.25, 0.3) is 0 Å². The van der Waals surface area contributed by atoms with Crippen molar-refractivity contribution in [3.05, 3.63) is 47.5 Å². The highest BCUT2D eigenvalue weighted by Crippen LogP contribution is 2.45. The van der Waals surface area contributed by atoms with Crippen molar-refractivity contribution in [2.24, 2.45) is 0 Å². The molecule has 0 aliphatic carbocycles. The maximum absolute atomic E-state index is 12.4. The third kappa shape index (κ3) is 4.18. The molecule has 1 atom stereocenters. The summed E-state index contributed by atoms with van der Waals surface area (Å²) in [6.07, 6.45) is 1.31. The molecule has 0 saturated heterocycles. The van der Waals surface area contributed by atoms with Gasteiger partial charge in [0.25, 0.3) is 0 Å². The molecule has 0 saturated carbocycles. The van der Waals surface area contributed by atoms with Crippen LogP contribution in [-0.2, 0) is 4.79 Å². The fourth-order valence-corrected chi connectivity index (χ4v) is 3.39. The van der Waals surface area contributed by atoms with Crippen LogP contribution in [0.3, 0.4) is 0 Å². The standard InChI is InChI=1S/C22H27NO4/c1-4-11-27-19-10-8-7-9-15(19)16-13-22(24)23-18-14-21(26-6-3)20(25-5-2)12-17(16)18/h7-10,12,14,16H,4-6,11,13H2,1-3H3,(H,23,24). The Kier molecular flexibility index (Phi) is 6.22. The summed E-state index contributed by atoms with van der Waals surface area (Å²) in [5.41, 5.74) is 2.82. The van der Waals surface area contributed by atoms with E-state index in [0.29, 0.717) is 37.7 Å². The number of fused-ring (bicyclic) bond motifs is 1. The van der Waals surface area contributed by atoms with E-state index in [1.165, 1.54) is 0 Å². The van der Waals surface area contributed by atoms with Gasteiger partial charge in [-0.05, 0) is 38.0 Å². The van der Waals surface area contributed by atoms with E-state index >= 15 is 0 Å². The number of amides is 1. The van der Waals surface area contributed by atoms with Gasteiger partial charge in [-0.25, -0.2) is 0 Å². The summed E-state index contributed by atoms with van der Waals surface area (Å²) < 4.78 is 17.4. The molecule has 144 valence electrons. The van der Waals surface area contributed by atoms with Gasteiger partial charge in [0.1, 0.15) is 5.75 Å². The molecular formula is C22H27NO4. The Hall–Kier alpha value is -2.69. The van der Waals surface area contributed by atoms with E-state index in [4.69, 9.17) is 14.2 Å².